The summed E-state index contributed by atoms with van der Waals surface area (Å²) in [5.74, 6) is 0. The van der Waals surface area contributed by atoms with E-state index in [2.05, 4.69) is 5.32 Å². The van der Waals surface area contributed by atoms with Gasteiger partial charge in [-0.3, -0.25) is 0 Å². The fourth-order valence-electron chi connectivity index (χ4n) is 1.19. The van der Waals surface area contributed by atoms with Crippen LogP contribution in [-0.4, -0.2) is 18.7 Å². The molecule has 1 aromatic carbocycles. The molecule has 2 N–H and O–H groups in total. The van der Waals surface area contributed by atoms with Crippen molar-refractivity contribution in [1.29, 1.82) is 5.26 Å². The highest BCUT2D eigenvalue weighted by Gasteiger charge is 2.09. The van der Waals surface area contributed by atoms with Crippen molar-refractivity contribution in [2.75, 3.05) is 13.6 Å². The van der Waals surface area contributed by atoms with Gasteiger partial charge in [0.25, 0.3) is 0 Å². The van der Waals surface area contributed by atoms with E-state index in [4.69, 9.17) is 5.26 Å². The molecule has 0 fully saturated rings. The lowest BCUT2D eigenvalue weighted by Gasteiger charge is -2.11. The van der Waals surface area contributed by atoms with E-state index in [9.17, 15) is 5.11 Å². The molecule has 3 nitrogen and oxygen atoms in total. The van der Waals surface area contributed by atoms with Crippen molar-refractivity contribution in [2.45, 2.75) is 6.10 Å². The molecule has 0 saturated heterocycles. The molecule has 0 spiro atoms. The SMILES string of the molecule is CNCC(O)c1ccccc1C#N. The molecule has 1 aromatic rings. The molecule has 68 valence electrons. The minimum atomic E-state index is -0.610. The maximum atomic E-state index is 9.62. The monoisotopic (exact) mass is 176 g/mol. The van der Waals surface area contributed by atoms with E-state index in [0.717, 1.165) is 0 Å². The molecule has 0 aliphatic carbocycles. The molecular weight excluding hydrogens is 164 g/mol. The Bertz CT molecular complexity index is 317. The van der Waals surface area contributed by atoms with E-state index in [0.29, 0.717) is 17.7 Å². The second kappa shape index (κ2) is 4.61. The molecule has 13 heavy (non-hydrogen) atoms. The Morgan fingerprint density at radius 3 is 2.85 bits per heavy atom. The standard InChI is InChI=1S/C10H12N2O/c1-12-7-10(13)9-5-3-2-4-8(9)6-11/h2-5,10,12-13H,7H2,1H3. The minimum Gasteiger partial charge on any atom is -0.387 e. The maximum Gasteiger partial charge on any atom is 0.0995 e. The first-order valence-corrected chi connectivity index (χ1v) is 4.11. The van der Waals surface area contributed by atoms with Gasteiger partial charge >= 0.3 is 0 Å². The molecule has 0 heterocycles. The predicted octanol–water partition coefficient (Wildman–Crippen LogP) is 0.811. The van der Waals surface area contributed by atoms with E-state index < -0.39 is 6.10 Å². The van der Waals surface area contributed by atoms with Gasteiger partial charge in [0.05, 0.1) is 17.7 Å². The number of hydrogen-bond donors (Lipinski definition) is 2. The van der Waals surface area contributed by atoms with Crippen molar-refractivity contribution >= 4 is 0 Å². The number of nitriles is 1. The van der Waals surface area contributed by atoms with Crippen LogP contribution in [0.3, 0.4) is 0 Å². The van der Waals surface area contributed by atoms with E-state index in [1.54, 1.807) is 25.2 Å². The number of rotatable bonds is 3. The number of likely N-dealkylation sites (N-methyl/N-ethyl adjacent to an activating group) is 1. The van der Waals surface area contributed by atoms with E-state index >= 15 is 0 Å². The highest BCUT2D eigenvalue weighted by atomic mass is 16.3. The fourth-order valence-corrected chi connectivity index (χ4v) is 1.19. The summed E-state index contributed by atoms with van der Waals surface area (Å²) in [5, 5.41) is 21.2. The zero-order valence-corrected chi connectivity index (χ0v) is 7.49. The van der Waals surface area contributed by atoms with Gasteiger partial charge in [0.2, 0.25) is 0 Å². The Morgan fingerprint density at radius 1 is 1.54 bits per heavy atom. The molecular formula is C10H12N2O. The number of benzene rings is 1. The smallest absolute Gasteiger partial charge is 0.0995 e. The lowest BCUT2D eigenvalue weighted by molar-refractivity contribution is 0.177. The number of aliphatic hydroxyl groups excluding tert-OH is 1. The molecule has 0 aromatic heterocycles. The molecule has 1 atom stereocenters. The average molecular weight is 176 g/mol. The van der Waals surface area contributed by atoms with Crippen LogP contribution in [0.15, 0.2) is 24.3 Å². The van der Waals surface area contributed by atoms with Crippen LogP contribution < -0.4 is 5.32 Å². The summed E-state index contributed by atoms with van der Waals surface area (Å²) in [5.41, 5.74) is 1.21. The van der Waals surface area contributed by atoms with Crippen LogP contribution in [0.1, 0.15) is 17.2 Å². The summed E-state index contributed by atoms with van der Waals surface area (Å²) in [7, 11) is 1.76. The lowest BCUT2D eigenvalue weighted by atomic mass is 10.0. The molecule has 0 saturated carbocycles. The summed E-state index contributed by atoms with van der Waals surface area (Å²) in [6.45, 7) is 0.457. The highest BCUT2D eigenvalue weighted by molar-refractivity contribution is 5.38. The largest absolute Gasteiger partial charge is 0.387 e. The molecule has 0 aliphatic heterocycles. The van der Waals surface area contributed by atoms with Gasteiger partial charge in [-0.2, -0.15) is 5.26 Å². The Labute approximate surface area is 77.6 Å². The Balaban J connectivity index is 2.93. The van der Waals surface area contributed by atoms with Crippen LogP contribution in [0.2, 0.25) is 0 Å². The van der Waals surface area contributed by atoms with Crippen molar-refractivity contribution in [3.05, 3.63) is 35.4 Å². The van der Waals surface area contributed by atoms with E-state index in [-0.39, 0.29) is 0 Å². The Kier molecular flexibility index (Phi) is 3.44. The van der Waals surface area contributed by atoms with Gasteiger partial charge < -0.3 is 10.4 Å². The van der Waals surface area contributed by atoms with Crippen LogP contribution in [0.5, 0.6) is 0 Å². The van der Waals surface area contributed by atoms with Crippen molar-refractivity contribution in [3.63, 3.8) is 0 Å². The average Bonchev–Trinajstić information content (AvgIpc) is 2.18. The van der Waals surface area contributed by atoms with Gasteiger partial charge in [0, 0.05) is 6.54 Å². The highest BCUT2D eigenvalue weighted by Crippen LogP contribution is 2.15. The van der Waals surface area contributed by atoms with Crippen LogP contribution in [0.25, 0.3) is 0 Å². The molecule has 0 aliphatic rings. The molecule has 1 unspecified atom stereocenters. The van der Waals surface area contributed by atoms with E-state index in [1.807, 2.05) is 12.1 Å². The third kappa shape index (κ3) is 2.28. The molecule has 0 bridgehead atoms. The third-order valence-electron chi connectivity index (χ3n) is 1.84. The topological polar surface area (TPSA) is 56.0 Å². The van der Waals surface area contributed by atoms with Gasteiger partial charge in [-0.05, 0) is 18.7 Å². The van der Waals surface area contributed by atoms with Crippen molar-refractivity contribution in [1.82, 2.24) is 5.32 Å². The summed E-state index contributed by atoms with van der Waals surface area (Å²) in [6, 6.07) is 9.11. The Hall–Kier alpha value is -1.37. The second-order valence-electron chi connectivity index (χ2n) is 2.77. The lowest BCUT2D eigenvalue weighted by Crippen LogP contribution is -2.17. The third-order valence-corrected chi connectivity index (χ3v) is 1.84. The first-order chi connectivity index (χ1) is 6.29. The summed E-state index contributed by atoms with van der Waals surface area (Å²) in [4.78, 5) is 0. The molecule has 1 rings (SSSR count). The van der Waals surface area contributed by atoms with Gasteiger partial charge in [0.15, 0.2) is 0 Å². The normalized spacial score (nSPS) is 12.1. The summed E-state index contributed by atoms with van der Waals surface area (Å²) >= 11 is 0. The molecule has 3 heteroatoms. The van der Waals surface area contributed by atoms with Crippen LogP contribution in [-0.2, 0) is 0 Å². The first kappa shape index (κ1) is 9.72. The second-order valence-corrected chi connectivity index (χ2v) is 2.77. The van der Waals surface area contributed by atoms with Gasteiger partial charge in [-0.15, -0.1) is 0 Å². The Morgan fingerprint density at radius 2 is 2.23 bits per heavy atom. The van der Waals surface area contributed by atoms with Crippen LogP contribution in [0.4, 0.5) is 0 Å². The van der Waals surface area contributed by atoms with Gasteiger partial charge in [-0.1, -0.05) is 18.2 Å². The first-order valence-electron chi connectivity index (χ1n) is 4.11. The number of nitrogens with zero attached hydrogens (tertiary/aromatic N) is 1. The zero-order valence-electron chi connectivity index (χ0n) is 7.49. The number of hydrogen-bond acceptors (Lipinski definition) is 3. The fraction of sp³-hybridized carbons (Fsp3) is 0.300. The van der Waals surface area contributed by atoms with E-state index in [1.165, 1.54) is 0 Å². The summed E-state index contributed by atoms with van der Waals surface area (Å²) < 4.78 is 0. The molecule has 0 amide bonds. The number of nitrogens with one attached hydrogen (secondary N) is 1. The van der Waals surface area contributed by atoms with Crippen molar-refractivity contribution < 1.29 is 5.11 Å². The van der Waals surface area contributed by atoms with Crippen LogP contribution in [0, 0.1) is 11.3 Å². The van der Waals surface area contributed by atoms with Crippen LogP contribution >= 0.6 is 0 Å². The minimum absolute atomic E-state index is 0.457. The maximum absolute atomic E-state index is 9.62. The quantitative estimate of drug-likeness (QED) is 0.716. The van der Waals surface area contributed by atoms with Crippen molar-refractivity contribution in [3.8, 4) is 6.07 Å². The zero-order chi connectivity index (χ0) is 9.68. The van der Waals surface area contributed by atoms with Gasteiger partial charge in [-0.25, -0.2) is 0 Å². The van der Waals surface area contributed by atoms with Crippen molar-refractivity contribution in [2.24, 2.45) is 0 Å². The number of aliphatic hydroxyl groups is 1. The van der Waals surface area contributed by atoms with Gasteiger partial charge in [0.1, 0.15) is 0 Å². The molecule has 0 radical (unpaired) electrons. The predicted molar refractivity (Wildman–Crippen MR) is 50.0 cm³/mol. The summed E-state index contributed by atoms with van der Waals surface area (Å²) in [6.07, 6.45) is -0.610.